The molecule has 0 fully saturated rings. The Balaban J connectivity index is 1.72. The van der Waals surface area contributed by atoms with Gasteiger partial charge in [0.2, 0.25) is 0 Å². The molecule has 0 bridgehead atoms. The molecular weight excluding hydrogens is 274 g/mol. The van der Waals surface area contributed by atoms with Crippen molar-refractivity contribution in [3.8, 4) is 11.8 Å². The number of benzene rings is 1. The van der Waals surface area contributed by atoms with Crippen molar-refractivity contribution in [3.05, 3.63) is 53.1 Å². The number of carbonyl (C=O) groups is 1. The molecule has 0 unspecified atom stereocenters. The lowest BCUT2D eigenvalue weighted by atomic mass is 10.2. The number of hydrogen-bond acceptors (Lipinski definition) is 2. The first kappa shape index (κ1) is 12.8. The van der Waals surface area contributed by atoms with Crippen molar-refractivity contribution in [2.75, 3.05) is 6.54 Å². The number of aromatic nitrogens is 2. The maximum Gasteiger partial charge on any atom is 0.299 e. The van der Waals surface area contributed by atoms with Gasteiger partial charge in [0.25, 0.3) is 5.91 Å². The van der Waals surface area contributed by atoms with E-state index >= 15 is 0 Å². The Morgan fingerprint density at radius 1 is 1.35 bits per heavy atom. The molecule has 0 radical (unpaired) electrons. The van der Waals surface area contributed by atoms with Crippen molar-refractivity contribution >= 4 is 17.5 Å². The van der Waals surface area contributed by atoms with Gasteiger partial charge in [-0.1, -0.05) is 23.6 Å². The monoisotopic (exact) mass is 285 g/mol. The minimum atomic E-state index is -0.181. The fourth-order valence-electron chi connectivity index (χ4n) is 2.12. The van der Waals surface area contributed by atoms with Crippen LogP contribution in [0.15, 0.2) is 36.7 Å². The van der Waals surface area contributed by atoms with Crippen molar-refractivity contribution in [1.82, 2.24) is 14.5 Å². The van der Waals surface area contributed by atoms with Crippen molar-refractivity contribution in [2.45, 2.75) is 13.1 Å². The zero-order valence-electron chi connectivity index (χ0n) is 10.7. The van der Waals surface area contributed by atoms with Gasteiger partial charge in [0.15, 0.2) is 0 Å². The van der Waals surface area contributed by atoms with Crippen LogP contribution in [0.5, 0.6) is 0 Å². The Bertz CT molecular complexity index is 711. The van der Waals surface area contributed by atoms with Crippen LogP contribution >= 0.6 is 11.6 Å². The number of fused-ring (bicyclic) bond motifs is 1. The van der Waals surface area contributed by atoms with Gasteiger partial charge in [0.05, 0.1) is 6.54 Å². The first-order chi connectivity index (χ1) is 9.72. The summed E-state index contributed by atoms with van der Waals surface area (Å²) < 4.78 is 2.05. The Hall–Kier alpha value is -2.25. The first-order valence-electron chi connectivity index (χ1n) is 6.29. The molecule has 0 saturated heterocycles. The maximum atomic E-state index is 12.1. The molecule has 0 aliphatic carbocycles. The average Bonchev–Trinajstić information content (AvgIpc) is 2.92. The molecule has 1 amide bonds. The SMILES string of the molecule is O=C(C#Cc1cccc(Cl)c1)N1CCn2ccnc2C1. The van der Waals surface area contributed by atoms with E-state index in [9.17, 15) is 4.79 Å². The molecule has 2 heterocycles. The third kappa shape index (κ3) is 2.68. The molecule has 100 valence electrons. The van der Waals surface area contributed by atoms with Crippen LogP contribution in [-0.4, -0.2) is 26.9 Å². The smallest absolute Gasteiger partial charge is 0.299 e. The van der Waals surface area contributed by atoms with E-state index in [1.54, 1.807) is 23.2 Å². The number of carbonyl (C=O) groups excluding carboxylic acids is 1. The van der Waals surface area contributed by atoms with E-state index in [1.165, 1.54) is 0 Å². The number of amides is 1. The van der Waals surface area contributed by atoms with Gasteiger partial charge in [-0.15, -0.1) is 0 Å². The molecule has 0 spiro atoms. The van der Waals surface area contributed by atoms with Gasteiger partial charge in [-0.3, -0.25) is 4.79 Å². The van der Waals surface area contributed by atoms with Crippen LogP contribution < -0.4 is 0 Å². The molecule has 0 saturated carbocycles. The highest BCUT2D eigenvalue weighted by Crippen LogP contribution is 2.11. The van der Waals surface area contributed by atoms with E-state index in [1.807, 2.05) is 22.9 Å². The molecule has 20 heavy (non-hydrogen) atoms. The lowest BCUT2D eigenvalue weighted by Crippen LogP contribution is -2.37. The number of imidazole rings is 1. The predicted octanol–water partition coefficient (Wildman–Crippen LogP) is 1.93. The van der Waals surface area contributed by atoms with Crippen molar-refractivity contribution in [1.29, 1.82) is 0 Å². The van der Waals surface area contributed by atoms with Crippen molar-refractivity contribution in [3.63, 3.8) is 0 Å². The molecule has 3 rings (SSSR count). The van der Waals surface area contributed by atoms with Crippen LogP contribution in [0.2, 0.25) is 5.02 Å². The highest BCUT2D eigenvalue weighted by molar-refractivity contribution is 6.30. The van der Waals surface area contributed by atoms with E-state index in [4.69, 9.17) is 11.6 Å². The normalized spacial score (nSPS) is 13.3. The minimum Gasteiger partial charge on any atom is -0.332 e. The Morgan fingerprint density at radius 2 is 2.25 bits per heavy atom. The van der Waals surface area contributed by atoms with Gasteiger partial charge in [0.1, 0.15) is 5.82 Å². The second-order valence-corrected chi connectivity index (χ2v) is 4.96. The van der Waals surface area contributed by atoms with E-state index in [0.717, 1.165) is 17.9 Å². The van der Waals surface area contributed by atoms with Gasteiger partial charge in [0, 0.05) is 42.0 Å². The summed E-state index contributed by atoms with van der Waals surface area (Å²) in [7, 11) is 0. The molecule has 1 aromatic heterocycles. The Morgan fingerprint density at radius 3 is 3.10 bits per heavy atom. The summed E-state index contributed by atoms with van der Waals surface area (Å²) in [5, 5.41) is 0.615. The molecule has 5 heteroatoms. The molecule has 1 aliphatic rings. The van der Waals surface area contributed by atoms with Gasteiger partial charge < -0.3 is 9.47 Å². The Kier molecular flexibility index (Phi) is 3.44. The molecule has 0 N–H and O–H groups in total. The van der Waals surface area contributed by atoms with Crippen LogP contribution in [0, 0.1) is 11.8 Å². The highest BCUT2D eigenvalue weighted by atomic mass is 35.5. The number of nitrogens with zero attached hydrogens (tertiary/aromatic N) is 3. The lowest BCUT2D eigenvalue weighted by molar-refractivity contribution is -0.126. The topological polar surface area (TPSA) is 38.1 Å². The fraction of sp³-hybridized carbons (Fsp3) is 0.200. The average molecular weight is 286 g/mol. The van der Waals surface area contributed by atoms with Gasteiger partial charge in [-0.2, -0.15) is 0 Å². The molecule has 4 nitrogen and oxygen atoms in total. The first-order valence-corrected chi connectivity index (χ1v) is 6.67. The Labute approximate surface area is 122 Å². The third-order valence-electron chi connectivity index (χ3n) is 3.17. The summed E-state index contributed by atoms with van der Waals surface area (Å²) in [6.45, 7) is 1.93. The van der Waals surface area contributed by atoms with Crippen LogP contribution in [0.1, 0.15) is 11.4 Å². The molecule has 1 aliphatic heterocycles. The van der Waals surface area contributed by atoms with E-state index < -0.39 is 0 Å². The van der Waals surface area contributed by atoms with Gasteiger partial charge >= 0.3 is 0 Å². The number of rotatable bonds is 0. The van der Waals surface area contributed by atoms with Crippen molar-refractivity contribution < 1.29 is 4.79 Å². The fourth-order valence-corrected chi connectivity index (χ4v) is 2.31. The third-order valence-corrected chi connectivity index (χ3v) is 3.41. The second-order valence-electron chi connectivity index (χ2n) is 4.52. The van der Waals surface area contributed by atoms with Gasteiger partial charge in [-0.25, -0.2) is 4.98 Å². The standard InChI is InChI=1S/C15H12ClN3O/c16-13-3-1-2-12(10-13)4-5-15(20)19-9-8-18-7-6-17-14(18)11-19/h1-3,6-7,10H,8-9,11H2. The zero-order chi connectivity index (χ0) is 13.9. The summed E-state index contributed by atoms with van der Waals surface area (Å²) in [4.78, 5) is 18.0. The summed E-state index contributed by atoms with van der Waals surface area (Å²) in [5.41, 5.74) is 0.740. The lowest BCUT2D eigenvalue weighted by Gasteiger charge is -2.25. The van der Waals surface area contributed by atoms with Crippen LogP contribution in [0.25, 0.3) is 0 Å². The summed E-state index contributed by atoms with van der Waals surface area (Å²) in [6, 6.07) is 7.16. The zero-order valence-corrected chi connectivity index (χ0v) is 11.5. The van der Waals surface area contributed by atoms with Crippen LogP contribution in [0.3, 0.4) is 0 Å². The summed E-state index contributed by atoms with van der Waals surface area (Å²) in [5.74, 6) is 6.22. The minimum absolute atomic E-state index is 0.181. The summed E-state index contributed by atoms with van der Waals surface area (Å²) in [6.07, 6.45) is 3.68. The number of hydrogen-bond donors (Lipinski definition) is 0. The van der Waals surface area contributed by atoms with Crippen LogP contribution in [0.4, 0.5) is 0 Å². The predicted molar refractivity (Wildman–Crippen MR) is 76.0 cm³/mol. The van der Waals surface area contributed by atoms with Crippen molar-refractivity contribution in [2.24, 2.45) is 0 Å². The maximum absolute atomic E-state index is 12.1. The quantitative estimate of drug-likeness (QED) is 0.694. The molecule has 1 aromatic carbocycles. The highest BCUT2D eigenvalue weighted by Gasteiger charge is 2.19. The van der Waals surface area contributed by atoms with E-state index in [0.29, 0.717) is 18.1 Å². The number of halogens is 1. The largest absolute Gasteiger partial charge is 0.332 e. The molecule has 0 atom stereocenters. The van der Waals surface area contributed by atoms with E-state index in [-0.39, 0.29) is 5.91 Å². The van der Waals surface area contributed by atoms with E-state index in [2.05, 4.69) is 16.8 Å². The van der Waals surface area contributed by atoms with Gasteiger partial charge in [-0.05, 0) is 18.2 Å². The van der Waals surface area contributed by atoms with Crippen LogP contribution in [-0.2, 0) is 17.9 Å². The molecular formula is C15H12ClN3O. The molecule has 2 aromatic rings. The summed E-state index contributed by atoms with van der Waals surface area (Å²) >= 11 is 5.88. The second kappa shape index (κ2) is 5.40.